The van der Waals surface area contributed by atoms with E-state index in [2.05, 4.69) is 24.3 Å². The standard InChI is InChI=1S/C20H22O4/c1-3-7-15(8-4-1)11-21-17-13-23-20-18(14-24-19(17)20)22-12-16-9-5-2-6-10-16/h1-10,17-20H,11-14H2/t17-,18+,19+,20-. The zero-order valence-corrected chi connectivity index (χ0v) is 13.5. The van der Waals surface area contributed by atoms with Crippen LogP contribution >= 0.6 is 0 Å². The molecule has 2 aromatic carbocycles. The first-order chi connectivity index (χ1) is 11.9. The van der Waals surface area contributed by atoms with E-state index in [1.807, 2.05) is 36.4 Å². The van der Waals surface area contributed by atoms with Gasteiger partial charge in [-0.3, -0.25) is 0 Å². The number of fused-ring (bicyclic) bond motifs is 1. The highest BCUT2D eigenvalue weighted by Crippen LogP contribution is 2.31. The second kappa shape index (κ2) is 7.45. The zero-order chi connectivity index (χ0) is 16.2. The summed E-state index contributed by atoms with van der Waals surface area (Å²) in [4.78, 5) is 0. The average molecular weight is 326 g/mol. The van der Waals surface area contributed by atoms with Crippen molar-refractivity contribution in [2.45, 2.75) is 37.6 Å². The molecule has 0 amide bonds. The summed E-state index contributed by atoms with van der Waals surface area (Å²) >= 11 is 0. The van der Waals surface area contributed by atoms with Crippen LogP contribution in [0.15, 0.2) is 60.7 Å². The molecule has 2 aliphatic heterocycles. The summed E-state index contributed by atoms with van der Waals surface area (Å²) in [5, 5.41) is 0. The summed E-state index contributed by atoms with van der Waals surface area (Å²) in [6.45, 7) is 2.29. The third-order valence-electron chi connectivity index (χ3n) is 4.58. The molecule has 2 fully saturated rings. The molecule has 4 nitrogen and oxygen atoms in total. The van der Waals surface area contributed by atoms with Gasteiger partial charge in [0, 0.05) is 0 Å². The number of benzene rings is 2. The lowest BCUT2D eigenvalue weighted by Gasteiger charge is -2.17. The third-order valence-corrected chi connectivity index (χ3v) is 4.58. The lowest BCUT2D eigenvalue weighted by Crippen LogP contribution is -2.34. The largest absolute Gasteiger partial charge is 0.370 e. The van der Waals surface area contributed by atoms with Crippen LogP contribution in [0.1, 0.15) is 11.1 Å². The summed E-state index contributed by atoms with van der Waals surface area (Å²) in [6.07, 6.45) is -0.120. The Balaban J connectivity index is 1.29. The molecule has 24 heavy (non-hydrogen) atoms. The van der Waals surface area contributed by atoms with E-state index in [1.165, 1.54) is 0 Å². The monoisotopic (exact) mass is 326 g/mol. The van der Waals surface area contributed by atoms with Gasteiger partial charge in [0.05, 0.1) is 26.4 Å². The Bertz CT molecular complexity index is 573. The van der Waals surface area contributed by atoms with Crippen LogP contribution in [0.2, 0.25) is 0 Å². The first-order valence-corrected chi connectivity index (χ1v) is 8.44. The van der Waals surface area contributed by atoms with E-state index in [-0.39, 0.29) is 24.4 Å². The molecule has 0 N–H and O–H groups in total. The van der Waals surface area contributed by atoms with Crippen molar-refractivity contribution in [1.82, 2.24) is 0 Å². The molecule has 2 aliphatic rings. The van der Waals surface area contributed by atoms with Gasteiger partial charge in [-0.05, 0) is 11.1 Å². The van der Waals surface area contributed by atoms with Crippen molar-refractivity contribution in [2.75, 3.05) is 13.2 Å². The van der Waals surface area contributed by atoms with Crippen LogP contribution in [0.25, 0.3) is 0 Å². The van der Waals surface area contributed by atoms with E-state index >= 15 is 0 Å². The number of rotatable bonds is 6. The van der Waals surface area contributed by atoms with Gasteiger partial charge in [-0.2, -0.15) is 0 Å². The molecule has 0 bridgehead atoms. The molecule has 2 heterocycles. The third kappa shape index (κ3) is 3.52. The molecule has 2 saturated heterocycles. The molecule has 0 aliphatic carbocycles. The second-order valence-electron chi connectivity index (χ2n) is 6.27. The molecule has 4 heteroatoms. The predicted molar refractivity (Wildman–Crippen MR) is 89.5 cm³/mol. The van der Waals surface area contributed by atoms with E-state index in [0.717, 1.165) is 11.1 Å². The van der Waals surface area contributed by atoms with Crippen LogP contribution in [0, 0.1) is 0 Å². The number of hydrogen-bond donors (Lipinski definition) is 0. The molecule has 0 radical (unpaired) electrons. The number of ether oxygens (including phenoxy) is 4. The van der Waals surface area contributed by atoms with Crippen LogP contribution in [0.4, 0.5) is 0 Å². The summed E-state index contributed by atoms with van der Waals surface area (Å²) in [5.41, 5.74) is 2.33. The minimum absolute atomic E-state index is 0.0273. The van der Waals surface area contributed by atoms with Gasteiger partial charge in [-0.15, -0.1) is 0 Å². The van der Waals surface area contributed by atoms with Gasteiger partial charge in [0.25, 0.3) is 0 Å². The molecular weight excluding hydrogens is 304 g/mol. The fourth-order valence-corrected chi connectivity index (χ4v) is 3.27. The normalized spacial score (nSPS) is 28.8. The summed E-state index contributed by atoms with van der Waals surface area (Å²) < 4.78 is 23.8. The second-order valence-corrected chi connectivity index (χ2v) is 6.27. The Kier molecular flexibility index (Phi) is 4.90. The minimum Gasteiger partial charge on any atom is -0.370 e. The molecule has 0 spiro atoms. The van der Waals surface area contributed by atoms with Crippen molar-refractivity contribution in [2.24, 2.45) is 0 Å². The highest BCUT2D eigenvalue weighted by Gasteiger charge is 2.48. The van der Waals surface area contributed by atoms with Crippen molar-refractivity contribution in [3.8, 4) is 0 Å². The Hall–Kier alpha value is -1.72. The molecule has 0 aromatic heterocycles. The van der Waals surface area contributed by atoms with Crippen molar-refractivity contribution < 1.29 is 18.9 Å². The van der Waals surface area contributed by atoms with E-state index in [4.69, 9.17) is 18.9 Å². The van der Waals surface area contributed by atoms with Crippen LogP contribution < -0.4 is 0 Å². The molecule has 0 unspecified atom stereocenters. The summed E-state index contributed by atoms with van der Waals surface area (Å²) in [7, 11) is 0. The van der Waals surface area contributed by atoms with Crippen LogP contribution in [0.3, 0.4) is 0 Å². The highest BCUT2D eigenvalue weighted by atomic mass is 16.6. The fraction of sp³-hybridized carbons (Fsp3) is 0.400. The average Bonchev–Trinajstić information content (AvgIpc) is 3.22. The van der Waals surface area contributed by atoms with Crippen molar-refractivity contribution in [1.29, 1.82) is 0 Å². The van der Waals surface area contributed by atoms with E-state index in [0.29, 0.717) is 26.4 Å². The topological polar surface area (TPSA) is 36.9 Å². The quantitative estimate of drug-likeness (QED) is 0.818. The Morgan fingerprint density at radius 3 is 1.50 bits per heavy atom. The van der Waals surface area contributed by atoms with E-state index in [9.17, 15) is 0 Å². The van der Waals surface area contributed by atoms with Gasteiger partial charge in [-0.1, -0.05) is 60.7 Å². The highest BCUT2D eigenvalue weighted by molar-refractivity contribution is 5.14. The van der Waals surface area contributed by atoms with Gasteiger partial charge < -0.3 is 18.9 Å². The Morgan fingerprint density at radius 1 is 0.667 bits per heavy atom. The maximum atomic E-state index is 6.01. The molecular formula is C20H22O4. The molecule has 4 rings (SSSR count). The lowest BCUT2D eigenvalue weighted by molar-refractivity contribution is -0.0580. The van der Waals surface area contributed by atoms with Gasteiger partial charge in [0.15, 0.2) is 0 Å². The molecule has 126 valence electrons. The van der Waals surface area contributed by atoms with Gasteiger partial charge >= 0.3 is 0 Å². The van der Waals surface area contributed by atoms with Crippen molar-refractivity contribution in [3.63, 3.8) is 0 Å². The van der Waals surface area contributed by atoms with E-state index < -0.39 is 0 Å². The van der Waals surface area contributed by atoms with Gasteiger partial charge in [-0.25, -0.2) is 0 Å². The first-order valence-electron chi connectivity index (χ1n) is 8.44. The predicted octanol–water partition coefficient (Wildman–Crippen LogP) is 2.95. The summed E-state index contributed by atoms with van der Waals surface area (Å²) in [6, 6.07) is 20.4. The SMILES string of the molecule is c1ccc(CO[C@H]2CO[C@@H]3[C@@H]2OC[C@H]3OCc2ccccc2)cc1. The maximum absolute atomic E-state index is 6.01. The molecule has 4 atom stereocenters. The Labute approximate surface area is 142 Å². The number of hydrogen-bond acceptors (Lipinski definition) is 4. The van der Waals surface area contributed by atoms with Gasteiger partial charge in [0.1, 0.15) is 24.4 Å². The molecule has 2 aromatic rings. The van der Waals surface area contributed by atoms with Gasteiger partial charge in [0.2, 0.25) is 0 Å². The fourth-order valence-electron chi connectivity index (χ4n) is 3.27. The van der Waals surface area contributed by atoms with Crippen molar-refractivity contribution in [3.05, 3.63) is 71.8 Å². The lowest BCUT2D eigenvalue weighted by atomic mass is 10.1. The first kappa shape index (κ1) is 15.8. The van der Waals surface area contributed by atoms with Crippen LogP contribution in [-0.4, -0.2) is 37.6 Å². The summed E-state index contributed by atoms with van der Waals surface area (Å²) in [5.74, 6) is 0. The zero-order valence-electron chi connectivity index (χ0n) is 13.5. The van der Waals surface area contributed by atoms with Crippen molar-refractivity contribution >= 4 is 0 Å². The van der Waals surface area contributed by atoms with Crippen LogP contribution in [0.5, 0.6) is 0 Å². The maximum Gasteiger partial charge on any atom is 0.115 e. The van der Waals surface area contributed by atoms with E-state index in [1.54, 1.807) is 0 Å². The molecule has 0 saturated carbocycles. The Morgan fingerprint density at radius 2 is 1.08 bits per heavy atom. The smallest absolute Gasteiger partial charge is 0.115 e. The minimum atomic E-state index is -0.0329. The van der Waals surface area contributed by atoms with Crippen LogP contribution in [-0.2, 0) is 32.2 Å².